The highest BCUT2D eigenvalue weighted by molar-refractivity contribution is 7.80. The zero-order valence-corrected chi connectivity index (χ0v) is 17.2. The number of aryl methyl sites for hydroxylation is 1. The Kier molecular flexibility index (Phi) is 9.29. The van der Waals surface area contributed by atoms with Crippen molar-refractivity contribution >= 4 is 17.2 Å². The van der Waals surface area contributed by atoms with E-state index in [1.54, 1.807) is 7.11 Å². The van der Waals surface area contributed by atoms with E-state index < -0.39 is 0 Å². The van der Waals surface area contributed by atoms with E-state index in [4.69, 9.17) is 17.0 Å². The van der Waals surface area contributed by atoms with Gasteiger partial charge in [-0.2, -0.15) is 0 Å². The molecule has 0 radical (unpaired) electrons. The van der Waals surface area contributed by atoms with Crippen molar-refractivity contribution in [2.45, 2.75) is 51.4 Å². The van der Waals surface area contributed by atoms with E-state index in [1.807, 2.05) is 12.1 Å². The van der Waals surface area contributed by atoms with Crippen LogP contribution in [0.4, 0.5) is 0 Å². The number of rotatable bonds is 11. The Morgan fingerprint density at radius 3 is 2.33 bits per heavy atom. The van der Waals surface area contributed by atoms with Crippen LogP contribution >= 0.6 is 12.2 Å². The summed E-state index contributed by atoms with van der Waals surface area (Å²) < 4.78 is 5.29. The van der Waals surface area contributed by atoms with Crippen molar-refractivity contribution in [3.63, 3.8) is 0 Å². The lowest BCUT2D eigenvalue weighted by atomic mass is 9.79. The maximum Gasteiger partial charge on any atom is 0.118 e. The number of hydroxylamine groups is 1. The second-order valence-corrected chi connectivity index (χ2v) is 7.42. The number of thiocarbonyl (C=S) groups is 1. The van der Waals surface area contributed by atoms with Gasteiger partial charge in [0.25, 0.3) is 0 Å². The van der Waals surface area contributed by atoms with Crippen LogP contribution in [-0.4, -0.2) is 17.3 Å². The normalized spacial score (nSPS) is 13.0. The van der Waals surface area contributed by atoms with Crippen LogP contribution in [0.15, 0.2) is 54.6 Å². The minimum absolute atomic E-state index is 0.139. The topological polar surface area (TPSA) is 41.5 Å². The van der Waals surface area contributed by atoms with Crippen LogP contribution in [0.2, 0.25) is 0 Å². The van der Waals surface area contributed by atoms with Gasteiger partial charge < -0.3 is 4.74 Å². The van der Waals surface area contributed by atoms with Gasteiger partial charge >= 0.3 is 0 Å². The van der Waals surface area contributed by atoms with Gasteiger partial charge in [0.1, 0.15) is 10.7 Å². The largest absolute Gasteiger partial charge is 0.497 e. The highest BCUT2D eigenvalue weighted by Crippen LogP contribution is 2.34. The predicted octanol–water partition coefficient (Wildman–Crippen LogP) is 5.91. The van der Waals surface area contributed by atoms with Gasteiger partial charge in [-0.05, 0) is 54.9 Å². The van der Waals surface area contributed by atoms with E-state index in [1.165, 1.54) is 11.1 Å². The molecule has 0 aliphatic heterocycles. The Bertz CT molecular complexity index is 673. The number of methoxy groups -OCH3 is 1. The van der Waals surface area contributed by atoms with Gasteiger partial charge in [0, 0.05) is 5.92 Å². The first-order chi connectivity index (χ1) is 13.2. The van der Waals surface area contributed by atoms with Crippen molar-refractivity contribution in [2.24, 2.45) is 5.92 Å². The smallest absolute Gasteiger partial charge is 0.118 e. The number of ether oxygens (including phenoxy) is 1. The number of nitrogens with one attached hydrogen (secondary N) is 1. The number of hydrogen-bond acceptors (Lipinski definition) is 3. The lowest BCUT2D eigenvalue weighted by molar-refractivity contribution is 0.226. The van der Waals surface area contributed by atoms with E-state index in [0.717, 1.165) is 44.3 Å². The Balaban J connectivity index is 2.08. The third-order valence-corrected chi connectivity index (χ3v) is 5.54. The van der Waals surface area contributed by atoms with Gasteiger partial charge in [-0.3, -0.25) is 10.7 Å². The van der Waals surface area contributed by atoms with E-state index in [-0.39, 0.29) is 5.92 Å². The van der Waals surface area contributed by atoms with Crippen LogP contribution < -0.4 is 10.2 Å². The Morgan fingerprint density at radius 1 is 1.04 bits per heavy atom. The van der Waals surface area contributed by atoms with Gasteiger partial charge in [0.2, 0.25) is 0 Å². The molecular weight excluding hydrogens is 354 g/mol. The first-order valence-electron chi connectivity index (χ1n) is 9.81. The highest BCUT2D eigenvalue weighted by atomic mass is 32.1. The molecule has 0 aromatic heterocycles. The molecule has 0 saturated heterocycles. The quantitative estimate of drug-likeness (QED) is 0.286. The van der Waals surface area contributed by atoms with Gasteiger partial charge in [-0.1, -0.05) is 74.4 Å². The number of hydrogen-bond donors (Lipinski definition) is 2. The summed E-state index contributed by atoms with van der Waals surface area (Å²) in [6, 6.07) is 18.9. The predicted molar refractivity (Wildman–Crippen MR) is 116 cm³/mol. The fraction of sp³-hybridized carbons (Fsp3) is 0.435. The van der Waals surface area contributed by atoms with Crippen LogP contribution in [0.25, 0.3) is 0 Å². The standard InChI is InChI=1S/C23H31NO2S/c1-3-9-22(23(27)24-25)21(19-14-16-20(26-2)17-15-19)13-8-7-12-18-10-5-4-6-11-18/h4-6,10-11,14-17,21-22,25H,3,7-9,12-13H2,1-2H3,(H,24,27). The maximum absolute atomic E-state index is 9.42. The lowest BCUT2D eigenvalue weighted by Crippen LogP contribution is -2.30. The number of benzene rings is 2. The fourth-order valence-electron chi connectivity index (χ4n) is 3.70. The van der Waals surface area contributed by atoms with E-state index in [0.29, 0.717) is 10.9 Å². The van der Waals surface area contributed by atoms with Crippen molar-refractivity contribution in [3.8, 4) is 5.75 Å². The average molecular weight is 386 g/mol. The molecule has 27 heavy (non-hydrogen) atoms. The Hall–Kier alpha value is -1.91. The molecule has 0 bridgehead atoms. The molecule has 4 heteroatoms. The fourth-order valence-corrected chi connectivity index (χ4v) is 3.98. The molecule has 0 heterocycles. The first kappa shape index (κ1) is 21.4. The van der Waals surface area contributed by atoms with Crippen LogP contribution in [0.1, 0.15) is 56.1 Å². The minimum Gasteiger partial charge on any atom is -0.497 e. The van der Waals surface area contributed by atoms with E-state index >= 15 is 0 Å². The molecule has 0 aliphatic rings. The molecule has 0 fully saturated rings. The summed E-state index contributed by atoms with van der Waals surface area (Å²) in [6.45, 7) is 2.16. The third-order valence-electron chi connectivity index (χ3n) is 5.15. The van der Waals surface area contributed by atoms with Gasteiger partial charge in [0.15, 0.2) is 0 Å². The summed E-state index contributed by atoms with van der Waals surface area (Å²) in [5, 5.41) is 9.42. The molecule has 146 valence electrons. The van der Waals surface area contributed by atoms with Crippen molar-refractivity contribution in [2.75, 3.05) is 7.11 Å². The molecule has 2 rings (SSSR count). The van der Waals surface area contributed by atoms with Crippen molar-refractivity contribution in [1.29, 1.82) is 0 Å². The molecule has 2 aromatic rings. The van der Waals surface area contributed by atoms with Crippen LogP contribution in [0, 0.1) is 5.92 Å². The molecule has 2 aromatic carbocycles. The van der Waals surface area contributed by atoms with Gasteiger partial charge in [-0.25, -0.2) is 0 Å². The molecule has 0 amide bonds. The molecule has 0 spiro atoms. The van der Waals surface area contributed by atoms with Gasteiger partial charge in [0.05, 0.1) is 7.11 Å². The van der Waals surface area contributed by atoms with Crippen molar-refractivity contribution < 1.29 is 9.94 Å². The second kappa shape index (κ2) is 11.7. The monoisotopic (exact) mass is 385 g/mol. The minimum atomic E-state index is 0.139. The molecule has 2 N–H and O–H groups in total. The first-order valence-corrected chi connectivity index (χ1v) is 10.2. The van der Waals surface area contributed by atoms with Crippen molar-refractivity contribution in [1.82, 2.24) is 5.48 Å². The van der Waals surface area contributed by atoms with Crippen LogP contribution in [-0.2, 0) is 6.42 Å². The van der Waals surface area contributed by atoms with E-state index in [9.17, 15) is 5.21 Å². The van der Waals surface area contributed by atoms with Gasteiger partial charge in [-0.15, -0.1) is 0 Å². The molecule has 0 aliphatic carbocycles. The Morgan fingerprint density at radius 2 is 1.74 bits per heavy atom. The lowest BCUT2D eigenvalue weighted by Gasteiger charge is -2.28. The average Bonchev–Trinajstić information content (AvgIpc) is 2.73. The van der Waals surface area contributed by atoms with Crippen LogP contribution in [0.3, 0.4) is 0 Å². The molecule has 2 atom stereocenters. The van der Waals surface area contributed by atoms with Crippen molar-refractivity contribution in [3.05, 3.63) is 65.7 Å². The molecular formula is C23H31NO2S. The highest BCUT2D eigenvalue weighted by Gasteiger charge is 2.26. The summed E-state index contributed by atoms with van der Waals surface area (Å²) in [5.41, 5.74) is 4.89. The second-order valence-electron chi connectivity index (χ2n) is 6.98. The Labute approximate surface area is 168 Å². The van der Waals surface area contributed by atoms with Crippen LogP contribution in [0.5, 0.6) is 5.75 Å². The molecule has 0 saturated carbocycles. The summed E-state index contributed by atoms with van der Waals surface area (Å²) in [6.07, 6.45) is 6.41. The molecule has 2 unspecified atom stereocenters. The molecule has 3 nitrogen and oxygen atoms in total. The summed E-state index contributed by atoms with van der Waals surface area (Å²) in [7, 11) is 1.68. The summed E-state index contributed by atoms with van der Waals surface area (Å²) in [5.74, 6) is 1.29. The van der Waals surface area contributed by atoms with E-state index in [2.05, 4.69) is 54.9 Å². The zero-order chi connectivity index (χ0) is 19.5. The summed E-state index contributed by atoms with van der Waals surface area (Å²) in [4.78, 5) is 0.542. The number of unbranched alkanes of at least 4 members (excludes halogenated alkanes) is 1. The SMILES string of the molecule is CCCC(C(=S)NO)C(CCCCc1ccccc1)c1ccc(OC)cc1. The third kappa shape index (κ3) is 6.64. The maximum atomic E-state index is 9.42. The summed E-state index contributed by atoms with van der Waals surface area (Å²) >= 11 is 5.44. The zero-order valence-electron chi connectivity index (χ0n) is 16.4.